The van der Waals surface area contributed by atoms with Crippen LogP contribution in [0.15, 0.2) is 72.8 Å². The minimum Gasteiger partial charge on any atom is -0.497 e. The van der Waals surface area contributed by atoms with Crippen LogP contribution in [-0.2, 0) is 33.9 Å². The number of methoxy groups -OCH3 is 2. The van der Waals surface area contributed by atoms with Gasteiger partial charge in [0.2, 0.25) is 0 Å². The Morgan fingerprint density at radius 2 is 1.57 bits per heavy atom. The van der Waals surface area contributed by atoms with Crippen molar-refractivity contribution < 1.29 is 28.6 Å². The van der Waals surface area contributed by atoms with Crippen molar-refractivity contribution in [2.45, 2.75) is 44.9 Å². The highest BCUT2D eigenvalue weighted by molar-refractivity contribution is 6.08. The maximum absolute atomic E-state index is 14.0. The zero-order valence-corrected chi connectivity index (χ0v) is 23.0. The Morgan fingerprint density at radius 1 is 0.925 bits per heavy atom. The largest absolute Gasteiger partial charge is 0.497 e. The molecule has 3 amide bonds. The van der Waals surface area contributed by atoms with Crippen molar-refractivity contribution in [3.05, 3.63) is 95.1 Å². The van der Waals surface area contributed by atoms with Crippen LogP contribution in [-0.4, -0.2) is 42.6 Å². The Morgan fingerprint density at radius 3 is 2.20 bits per heavy atom. The second-order valence-electron chi connectivity index (χ2n) is 10.5. The number of nitrogens with one attached hydrogen (secondary N) is 1. The van der Waals surface area contributed by atoms with Crippen molar-refractivity contribution in [2.75, 3.05) is 14.2 Å². The molecule has 5 rings (SSSR count). The van der Waals surface area contributed by atoms with E-state index in [1.165, 1.54) is 4.90 Å². The number of esters is 1. The van der Waals surface area contributed by atoms with Crippen LogP contribution >= 0.6 is 0 Å². The number of hydrogen-bond acceptors (Lipinski definition) is 6. The van der Waals surface area contributed by atoms with Crippen LogP contribution in [0.1, 0.15) is 35.1 Å². The zero-order valence-electron chi connectivity index (χ0n) is 23.0. The summed E-state index contributed by atoms with van der Waals surface area (Å²) in [5, 5.41) is 3.02. The molecular weight excluding hydrogens is 508 g/mol. The van der Waals surface area contributed by atoms with Crippen LogP contribution in [0.2, 0.25) is 0 Å². The Balaban J connectivity index is 1.32. The van der Waals surface area contributed by atoms with E-state index in [4.69, 9.17) is 14.2 Å². The first-order chi connectivity index (χ1) is 19.3. The molecule has 0 bridgehead atoms. The highest BCUT2D eigenvalue weighted by Crippen LogP contribution is 2.51. The molecule has 1 saturated carbocycles. The number of rotatable bonds is 11. The standard InChI is InChI=1S/C32H34N2O6/c1-21-5-4-6-22(17-21)15-16-32(28-18-27(28)29(35)40-20-24-9-13-26(39-3)14-10-24)30(36)34(31(37)33-32)19-23-7-11-25(38-2)12-8-23/h4-14,17,27-28H,15-16,18-20H2,1-3H3,(H,33,37)/t27-,28-,32-/m1/s1. The summed E-state index contributed by atoms with van der Waals surface area (Å²) in [5.41, 5.74) is 2.69. The quantitative estimate of drug-likeness (QED) is 0.276. The van der Waals surface area contributed by atoms with E-state index in [2.05, 4.69) is 11.4 Å². The van der Waals surface area contributed by atoms with Gasteiger partial charge in [0.05, 0.1) is 26.7 Å². The average molecular weight is 543 g/mol. The Bertz CT molecular complexity index is 1390. The van der Waals surface area contributed by atoms with Crippen LogP contribution in [0.25, 0.3) is 0 Å². The molecule has 3 aromatic carbocycles. The zero-order chi connectivity index (χ0) is 28.3. The summed E-state index contributed by atoms with van der Waals surface area (Å²) in [6, 6.07) is 22.3. The van der Waals surface area contributed by atoms with Crippen molar-refractivity contribution in [2.24, 2.45) is 11.8 Å². The number of benzene rings is 3. The fraction of sp³-hybridized carbons (Fsp3) is 0.344. The number of amides is 3. The summed E-state index contributed by atoms with van der Waals surface area (Å²) in [4.78, 5) is 41.5. The van der Waals surface area contributed by atoms with E-state index in [0.717, 1.165) is 28.0 Å². The van der Waals surface area contributed by atoms with Gasteiger partial charge in [0, 0.05) is 5.92 Å². The van der Waals surface area contributed by atoms with Gasteiger partial charge in [-0.15, -0.1) is 0 Å². The molecule has 1 N–H and O–H groups in total. The minimum absolute atomic E-state index is 0.131. The molecule has 1 aliphatic carbocycles. The van der Waals surface area contributed by atoms with Crippen LogP contribution < -0.4 is 14.8 Å². The van der Waals surface area contributed by atoms with Gasteiger partial charge in [-0.2, -0.15) is 0 Å². The summed E-state index contributed by atoms with van der Waals surface area (Å²) in [7, 11) is 3.18. The molecule has 0 unspecified atom stereocenters. The molecule has 8 heteroatoms. The lowest BCUT2D eigenvalue weighted by Crippen LogP contribution is -2.50. The van der Waals surface area contributed by atoms with Crippen LogP contribution in [0.4, 0.5) is 4.79 Å². The molecule has 0 radical (unpaired) electrons. The van der Waals surface area contributed by atoms with Crippen LogP contribution in [0.5, 0.6) is 11.5 Å². The van der Waals surface area contributed by atoms with E-state index >= 15 is 0 Å². The Labute approximate surface area is 234 Å². The second-order valence-corrected chi connectivity index (χ2v) is 10.5. The third-order valence-electron chi connectivity index (χ3n) is 7.86. The smallest absolute Gasteiger partial charge is 0.325 e. The SMILES string of the molecule is COc1ccc(COC(=O)[C@@H]2C[C@H]2[C@@]2(CCc3cccc(C)c3)NC(=O)N(Cc3ccc(OC)cc3)C2=O)cc1. The van der Waals surface area contributed by atoms with Gasteiger partial charge in [-0.25, -0.2) is 4.79 Å². The highest BCUT2D eigenvalue weighted by atomic mass is 16.5. The number of carbonyl (C=O) groups is 3. The highest BCUT2D eigenvalue weighted by Gasteiger charge is 2.65. The van der Waals surface area contributed by atoms with Crippen molar-refractivity contribution in [1.82, 2.24) is 10.2 Å². The summed E-state index contributed by atoms with van der Waals surface area (Å²) in [5.74, 6) is -0.0215. The van der Waals surface area contributed by atoms with Crippen LogP contribution in [0, 0.1) is 18.8 Å². The number of hydrogen-bond donors (Lipinski definition) is 1. The summed E-state index contributed by atoms with van der Waals surface area (Å²) >= 11 is 0. The molecule has 1 heterocycles. The van der Waals surface area contributed by atoms with E-state index in [0.29, 0.717) is 25.0 Å². The molecule has 2 aliphatic rings. The first kappa shape index (κ1) is 27.2. The summed E-state index contributed by atoms with van der Waals surface area (Å²) < 4.78 is 16.0. The average Bonchev–Trinajstić information content (AvgIpc) is 3.74. The van der Waals surface area contributed by atoms with E-state index in [-0.39, 0.29) is 30.9 Å². The Kier molecular flexibility index (Phi) is 7.78. The summed E-state index contributed by atoms with van der Waals surface area (Å²) in [6.45, 7) is 2.29. The van der Waals surface area contributed by atoms with Crippen molar-refractivity contribution in [3.8, 4) is 11.5 Å². The van der Waals surface area contributed by atoms with E-state index in [1.54, 1.807) is 26.4 Å². The summed E-state index contributed by atoms with van der Waals surface area (Å²) in [6.07, 6.45) is 1.47. The molecular formula is C32H34N2O6. The molecule has 1 aliphatic heterocycles. The van der Waals surface area contributed by atoms with Gasteiger partial charge in [-0.1, -0.05) is 54.1 Å². The fourth-order valence-corrected chi connectivity index (χ4v) is 5.50. The number of aryl methyl sites for hydroxylation is 2. The van der Waals surface area contributed by atoms with Gasteiger partial charge in [-0.05, 0) is 67.1 Å². The predicted octanol–water partition coefficient (Wildman–Crippen LogP) is 4.82. The lowest BCUT2D eigenvalue weighted by atomic mass is 9.85. The first-order valence-electron chi connectivity index (χ1n) is 13.4. The fourth-order valence-electron chi connectivity index (χ4n) is 5.50. The number of nitrogens with zero attached hydrogens (tertiary/aromatic N) is 1. The number of ether oxygens (including phenoxy) is 3. The molecule has 0 spiro atoms. The monoisotopic (exact) mass is 542 g/mol. The van der Waals surface area contributed by atoms with Gasteiger partial charge >= 0.3 is 12.0 Å². The molecule has 0 aromatic heterocycles. The van der Waals surface area contributed by atoms with Gasteiger partial charge in [-0.3, -0.25) is 14.5 Å². The van der Waals surface area contributed by atoms with Gasteiger partial charge in [0.1, 0.15) is 23.6 Å². The maximum atomic E-state index is 14.0. The van der Waals surface area contributed by atoms with Crippen molar-refractivity contribution >= 4 is 17.9 Å². The lowest BCUT2D eigenvalue weighted by Gasteiger charge is -2.27. The molecule has 3 atom stereocenters. The van der Waals surface area contributed by atoms with E-state index < -0.39 is 17.5 Å². The van der Waals surface area contributed by atoms with Gasteiger partial charge in [0.25, 0.3) is 5.91 Å². The molecule has 8 nitrogen and oxygen atoms in total. The molecule has 1 saturated heterocycles. The Hall–Kier alpha value is -4.33. The molecule has 2 fully saturated rings. The number of imide groups is 1. The number of urea groups is 1. The molecule has 3 aromatic rings. The van der Waals surface area contributed by atoms with Gasteiger partial charge in [0.15, 0.2) is 0 Å². The number of carbonyl (C=O) groups excluding carboxylic acids is 3. The van der Waals surface area contributed by atoms with Crippen LogP contribution in [0.3, 0.4) is 0 Å². The molecule has 208 valence electrons. The second kappa shape index (κ2) is 11.4. The first-order valence-corrected chi connectivity index (χ1v) is 13.4. The van der Waals surface area contributed by atoms with Crippen molar-refractivity contribution in [3.63, 3.8) is 0 Å². The van der Waals surface area contributed by atoms with E-state index in [9.17, 15) is 14.4 Å². The normalized spacial score (nSPS) is 21.6. The maximum Gasteiger partial charge on any atom is 0.325 e. The third kappa shape index (κ3) is 5.66. The minimum atomic E-state index is -1.17. The predicted molar refractivity (Wildman–Crippen MR) is 149 cm³/mol. The lowest BCUT2D eigenvalue weighted by molar-refractivity contribution is -0.147. The van der Waals surface area contributed by atoms with Crippen molar-refractivity contribution in [1.29, 1.82) is 0 Å². The molecule has 40 heavy (non-hydrogen) atoms. The third-order valence-corrected chi connectivity index (χ3v) is 7.86. The van der Waals surface area contributed by atoms with Gasteiger partial charge < -0.3 is 19.5 Å². The topological polar surface area (TPSA) is 94.2 Å². The van der Waals surface area contributed by atoms with E-state index in [1.807, 2.05) is 61.5 Å².